The highest BCUT2D eigenvalue weighted by Crippen LogP contribution is 2.47. The van der Waals surface area contributed by atoms with Crippen LogP contribution in [-0.4, -0.2) is 30.1 Å². The van der Waals surface area contributed by atoms with Crippen LogP contribution >= 0.6 is 0 Å². The Morgan fingerprint density at radius 1 is 1.10 bits per heavy atom. The van der Waals surface area contributed by atoms with E-state index in [-0.39, 0.29) is 5.54 Å². The van der Waals surface area contributed by atoms with Gasteiger partial charge >= 0.3 is 0 Å². The molecule has 0 aromatic heterocycles. The second-order valence-corrected chi connectivity index (χ2v) is 8.01. The van der Waals surface area contributed by atoms with Crippen LogP contribution in [0.3, 0.4) is 0 Å². The van der Waals surface area contributed by atoms with Crippen LogP contribution in [0.15, 0.2) is 30.3 Å². The molecule has 0 radical (unpaired) electrons. The lowest BCUT2D eigenvalue weighted by Crippen LogP contribution is -2.67. The molecule has 1 saturated heterocycles. The Labute approximate surface area is 128 Å². The van der Waals surface area contributed by atoms with Crippen molar-refractivity contribution in [2.24, 2.45) is 11.8 Å². The van der Waals surface area contributed by atoms with Gasteiger partial charge in [0.15, 0.2) is 0 Å². The number of rotatable bonds is 4. The second-order valence-electron chi connectivity index (χ2n) is 8.01. The van der Waals surface area contributed by atoms with Gasteiger partial charge in [-0.1, -0.05) is 30.3 Å². The van der Waals surface area contributed by atoms with Crippen molar-refractivity contribution in [2.45, 2.75) is 50.6 Å². The monoisotopic (exact) mass is 284 g/mol. The number of hydrogen-bond donors (Lipinski definition) is 1. The molecule has 1 N–H and O–H groups in total. The highest BCUT2D eigenvalue weighted by molar-refractivity contribution is 5.26. The van der Waals surface area contributed by atoms with Gasteiger partial charge in [0.2, 0.25) is 0 Å². The average molecular weight is 284 g/mol. The minimum absolute atomic E-state index is 0.102. The molecule has 2 atom stereocenters. The van der Waals surface area contributed by atoms with Gasteiger partial charge in [-0.05, 0) is 56.9 Å². The fourth-order valence-corrected chi connectivity index (χ4v) is 4.10. The standard InChI is InChI=1S/C19H28N2/c1-18(16-6-4-3-5-7-16)14-21(12-15-8-9-15)19(2,13-20-18)17-10-11-17/h3-7,15,17,20H,8-14H2,1-2H3. The molecule has 1 heterocycles. The van der Waals surface area contributed by atoms with Gasteiger partial charge in [-0.25, -0.2) is 0 Å². The van der Waals surface area contributed by atoms with E-state index >= 15 is 0 Å². The van der Waals surface area contributed by atoms with Gasteiger partial charge in [-0.3, -0.25) is 4.90 Å². The molecule has 3 fully saturated rings. The lowest BCUT2D eigenvalue weighted by molar-refractivity contribution is 0.00147. The summed E-state index contributed by atoms with van der Waals surface area (Å²) in [6.07, 6.45) is 5.77. The lowest BCUT2D eigenvalue weighted by Gasteiger charge is -2.53. The van der Waals surface area contributed by atoms with Crippen molar-refractivity contribution in [1.29, 1.82) is 0 Å². The second kappa shape index (κ2) is 4.82. The molecule has 0 amide bonds. The van der Waals surface area contributed by atoms with E-state index in [4.69, 9.17) is 0 Å². The minimum Gasteiger partial charge on any atom is -0.305 e. The van der Waals surface area contributed by atoms with Gasteiger partial charge in [0, 0.05) is 25.2 Å². The quantitative estimate of drug-likeness (QED) is 0.912. The SMILES string of the molecule is CC1(c2ccccc2)CN(CC2CC2)C(C)(C2CC2)CN1. The molecule has 2 heteroatoms. The van der Waals surface area contributed by atoms with Crippen molar-refractivity contribution in [3.63, 3.8) is 0 Å². The molecule has 1 aliphatic heterocycles. The van der Waals surface area contributed by atoms with Crippen molar-refractivity contribution >= 4 is 0 Å². The molecule has 3 aliphatic rings. The van der Waals surface area contributed by atoms with E-state index in [0.29, 0.717) is 5.54 Å². The van der Waals surface area contributed by atoms with Crippen LogP contribution in [-0.2, 0) is 5.54 Å². The summed E-state index contributed by atoms with van der Waals surface area (Å²) in [6.45, 7) is 8.49. The van der Waals surface area contributed by atoms with Crippen LogP contribution in [0.5, 0.6) is 0 Å². The fraction of sp³-hybridized carbons (Fsp3) is 0.684. The van der Waals surface area contributed by atoms with Gasteiger partial charge in [0.25, 0.3) is 0 Å². The van der Waals surface area contributed by atoms with Crippen LogP contribution in [0, 0.1) is 11.8 Å². The molecule has 2 saturated carbocycles. The van der Waals surface area contributed by atoms with Crippen LogP contribution < -0.4 is 5.32 Å². The van der Waals surface area contributed by atoms with E-state index in [1.807, 2.05) is 0 Å². The van der Waals surface area contributed by atoms with Gasteiger partial charge in [0.05, 0.1) is 5.54 Å². The maximum absolute atomic E-state index is 3.91. The third kappa shape index (κ3) is 2.53. The number of nitrogens with one attached hydrogen (secondary N) is 1. The molecular formula is C19H28N2. The smallest absolute Gasteiger partial charge is 0.0535 e. The minimum atomic E-state index is 0.102. The number of piperazine rings is 1. The Morgan fingerprint density at radius 3 is 2.43 bits per heavy atom. The summed E-state index contributed by atoms with van der Waals surface area (Å²) in [4.78, 5) is 2.84. The molecule has 0 spiro atoms. The highest BCUT2D eigenvalue weighted by Gasteiger charge is 2.51. The summed E-state index contributed by atoms with van der Waals surface area (Å²) in [6, 6.07) is 11.0. The van der Waals surface area contributed by atoms with Gasteiger partial charge in [-0.2, -0.15) is 0 Å². The van der Waals surface area contributed by atoms with Crippen LogP contribution in [0.25, 0.3) is 0 Å². The maximum atomic E-state index is 3.91. The number of benzene rings is 1. The summed E-state index contributed by atoms with van der Waals surface area (Å²) in [5.41, 5.74) is 1.92. The first-order valence-electron chi connectivity index (χ1n) is 8.66. The molecule has 21 heavy (non-hydrogen) atoms. The van der Waals surface area contributed by atoms with Crippen LogP contribution in [0.2, 0.25) is 0 Å². The third-order valence-electron chi connectivity index (χ3n) is 6.11. The third-order valence-corrected chi connectivity index (χ3v) is 6.11. The molecule has 2 aliphatic carbocycles. The van der Waals surface area contributed by atoms with E-state index < -0.39 is 0 Å². The lowest BCUT2D eigenvalue weighted by atomic mass is 9.81. The Bertz CT molecular complexity index is 506. The van der Waals surface area contributed by atoms with Crippen LogP contribution in [0.4, 0.5) is 0 Å². The highest BCUT2D eigenvalue weighted by atomic mass is 15.3. The van der Waals surface area contributed by atoms with Crippen molar-refractivity contribution in [2.75, 3.05) is 19.6 Å². The van der Waals surface area contributed by atoms with E-state index in [1.54, 1.807) is 0 Å². The van der Waals surface area contributed by atoms with Crippen molar-refractivity contribution in [3.05, 3.63) is 35.9 Å². The molecule has 2 nitrogen and oxygen atoms in total. The Morgan fingerprint density at radius 2 is 1.81 bits per heavy atom. The summed E-state index contributed by atoms with van der Waals surface area (Å²) >= 11 is 0. The van der Waals surface area contributed by atoms with E-state index in [9.17, 15) is 0 Å². The molecule has 1 aromatic carbocycles. The predicted molar refractivity (Wildman–Crippen MR) is 87.2 cm³/mol. The summed E-state index contributed by atoms with van der Waals surface area (Å²) in [7, 11) is 0. The van der Waals surface area contributed by atoms with Crippen LogP contribution in [0.1, 0.15) is 45.1 Å². The zero-order chi connectivity index (χ0) is 14.5. The first-order valence-corrected chi connectivity index (χ1v) is 8.66. The molecule has 114 valence electrons. The van der Waals surface area contributed by atoms with Crippen molar-refractivity contribution < 1.29 is 0 Å². The van der Waals surface area contributed by atoms with E-state index in [0.717, 1.165) is 24.9 Å². The van der Waals surface area contributed by atoms with Crippen molar-refractivity contribution in [1.82, 2.24) is 10.2 Å². The topological polar surface area (TPSA) is 15.3 Å². The van der Waals surface area contributed by atoms with Gasteiger partial charge in [0.1, 0.15) is 0 Å². The number of hydrogen-bond acceptors (Lipinski definition) is 2. The Balaban J connectivity index is 1.59. The van der Waals surface area contributed by atoms with E-state index in [2.05, 4.69) is 54.4 Å². The first kappa shape index (κ1) is 13.8. The normalized spacial score (nSPS) is 37.6. The first-order chi connectivity index (χ1) is 10.1. The molecule has 2 unspecified atom stereocenters. The molecule has 4 rings (SSSR count). The summed E-state index contributed by atoms with van der Waals surface area (Å²) in [5.74, 6) is 1.89. The largest absolute Gasteiger partial charge is 0.305 e. The zero-order valence-corrected chi connectivity index (χ0v) is 13.4. The van der Waals surface area contributed by atoms with E-state index in [1.165, 1.54) is 37.8 Å². The molecule has 1 aromatic rings. The van der Waals surface area contributed by atoms with Gasteiger partial charge < -0.3 is 5.32 Å². The Hall–Kier alpha value is -0.860. The molecule has 0 bridgehead atoms. The maximum Gasteiger partial charge on any atom is 0.0535 e. The predicted octanol–water partition coefficient (Wildman–Crippen LogP) is 3.39. The number of nitrogens with zero attached hydrogens (tertiary/aromatic N) is 1. The Kier molecular flexibility index (Phi) is 3.16. The fourth-order valence-electron chi connectivity index (χ4n) is 4.10. The average Bonchev–Trinajstić information content (AvgIpc) is 3.37. The van der Waals surface area contributed by atoms with Gasteiger partial charge in [-0.15, -0.1) is 0 Å². The summed E-state index contributed by atoms with van der Waals surface area (Å²) < 4.78 is 0. The molecular weight excluding hydrogens is 256 g/mol. The van der Waals surface area contributed by atoms with Crippen molar-refractivity contribution in [3.8, 4) is 0 Å². The zero-order valence-electron chi connectivity index (χ0n) is 13.4. The summed E-state index contributed by atoms with van der Waals surface area (Å²) in [5, 5.41) is 3.91.